The van der Waals surface area contributed by atoms with Crippen LogP contribution in [-0.2, 0) is 11.3 Å². The second-order valence-corrected chi connectivity index (χ2v) is 8.81. The average Bonchev–Trinajstić information content (AvgIpc) is 3.24. The summed E-state index contributed by atoms with van der Waals surface area (Å²) < 4.78 is 7.04. The third-order valence-corrected chi connectivity index (χ3v) is 6.00. The van der Waals surface area contributed by atoms with Crippen LogP contribution in [0.4, 0.5) is 5.69 Å². The molecule has 1 atom stereocenters. The van der Waals surface area contributed by atoms with Crippen molar-refractivity contribution in [2.45, 2.75) is 31.6 Å². The van der Waals surface area contributed by atoms with Gasteiger partial charge in [0.05, 0.1) is 18.9 Å². The first kappa shape index (κ1) is 25.0. The molecule has 0 saturated carbocycles. The van der Waals surface area contributed by atoms with Crippen molar-refractivity contribution >= 4 is 29.3 Å². The SMILES string of the molecule is C=CCn1c(SCC(=O)Nc2ccccc2)nnc1C(NC(=O)c1ccc(OC)cc1)C(C)C. The van der Waals surface area contributed by atoms with Crippen LogP contribution in [0.15, 0.2) is 72.4 Å². The molecular weight excluding hydrogens is 450 g/mol. The molecular formula is C25H29N5O3S. The summed E-state index contributed by atoms with van der Waals surface area (Å²) >= 11 is 1.29. The van der Waals surface area contributed by atoms with Gasteiger partial charge >= 0.3 is 0 Å². The zero-order chi connectivity index (χ0) is 24.5. The van der Waals surface area contributed by atoms with Gasteiger partial charge in [-0.05, 0) is 42.3 Å². The number of benzene rings is 2. The van der Waals surface area contributed by atoms with Crippen LogP contribution in [0.1, 0.15) is 36.1 Å². The van der Waals surface area contributed by atoms with E-state index in [-0.39, 0.29) is 29.5 Å². The highest BCUT2D eigenvalue weighted by atomic mass is 32.2. The summed E-state index contributed by atoms with van der Waals surface area (Å²) in [7, 11) is 1.58. The highest BCUT2D eigenvalue weighted by Crippen LogP contribution is 2.26. The normalized spacial score (nSPS) is 11.6. The van der Waals surface area contributed by atoms with Crippen molar-refractivity contribution in [2.24, 2.45) is 5.92 Å². The van der Waals surface area contributed by atoms with E-state index < -0.39 is 0 Å². The lowest BCUT2D eigenvalue weighted by Gasteiger charge is -2.22. The Morgan fingerprint density at radius 2 is 1.82 bits per heavy atom. The van der Waals surface area contributed by atoms with E-state index in [1.54, 1.807) is 37.5 Å². The van der Waals surface area contributed by atoms with E-state index in [0.29, 0.717) is 28.8 Å². The molecule has 3 rings (SSSR count). The predicted molar refractivity (Wildman–Crippen MR) is 134 cm³/mol. The van der Waals surface area contributed by atoms with Gasteiger partial charge in [-0.1, -0.05) is 49.9 Å². The summed E-state index contributed by atoms with van der Waals surface area (Å²) in [6.45, 7) is 8.30. The molecule has 0 aliphatic rings. The molecule has 178 valence electrons. The predicted octanol–water partition coefficient (Wildman–Crippen LogP) is 4.33. The first-order chi connectivity index (χ1) is 16.4. The number of carbonyl (C=O) groups is 2. The van der Waals surface area contributed by atoms with Crippen LogP contribution >= 0.6 is 11.8 Å². The van der Waals surface area contributed by atoms with Gasteiger partial charge in [0, 0.05) is 17.8 Å². The maximum absolute atomic E-state index is 12.9. The number of allylic oxidation sites excluding steroid dienone is 1. The molecule has 1 heterocycles. The number of hydrogen-bond donors (Lipinski definition) is 2. The van der Waals surface area contributed by atoms with Gasteiger partial charge in [-0.25, -0.2) is 0 Å². The Bertz CT molecular complexity index is 1110. The molecule has 0 fully saturated rings. The number of aromatic nitrogens is 3. The quantitative estimate of drug-likeness (QED) is 0.314. The number of carbonyl (C=O) groups excluding carboxylic acids is 2. The highest BCUT2D eigenvalue weighted by molar-refractivity contribution is 7.99. The van der Waals surface area contributed by atoms with Crippen molar-refractivity contribution in [2.75, 3.05) is 18.2 Å². The third-order valence-electron chi connectivity index (χ3n) is 5.03. The molecule has 8 nitrogen and oxygen atoms in total. The Morgan fingerprint density at radius 1 is 1.12 bits per heavy atom. The number of amides is 2. The molecule has 0 aliphatic carbocycles. The summed E-state index contributed by atoms with van der Waals surface area (Å²) in [5, 5.41) is 15.2. The number of ether oxygens (including phenoxy) is 1. The largest absolute Gasteiger partial charge is 0.497 e. The molecule has 0 spiro atoms. The van der Waals surface area contributed by atoms with E-state index in [9.17, 15) is 9.59 Å². The van der Waals surface area contributed by atoms with Crippen LogP contribution in [0.25, 0.3) is 0 Å². The van der Waals surface area contributed by atoms with E-state index in [2.05, 4.69) is 27.4 Å². The van der Waals surface area contributed by atoms with Crippen LogP contribution in [-0.4, -0.2) is 39.4 Å². The fourth-order valence-electron chi connectivity index (χ4n) is 3.28. The smallest absolute Gasteiger partial charge is 0.251 e. The minimum absolute atomic E-state index is 0.0502. The van der Waals surface area contributed by atoms with Crippen LogP contribution in [0, 0.1) is 5.92 Å². The Morgan fingerprint density at radius 3 is 2.44 bits per heavy atom. The molecule has 2 aromatic carbocycles. The molecule has 2 N–H and O–H groups in total. The summed E-state index contributed by atoms with van der Waals surface area (Å²) in [5.41, 5.74) is 1.26. The minimum atomic E-state index is -0.380. The number of thioether (sulfide) groups is 1. The fourth-order valence-corrected chi connectivity index (χ4v) is 4.04. The molecule has 9 heteroatoms. The number of methoxy groups -OCH3 is 1. The zero-order valence-electron chi connectivity index (χ0n) is 19.5. The van der Waals surface area contributed by atoms with Gasteiger partial charge in [-0.3, -0.25) is 9.59 Å². The maximum Gasteiger partial charge on any atom is 0.251 e. The van der Waals surface area contributed by atoms with Crippen LogP contribution in [0.5, 0.6) is 5.75 Å². The second-order valence-electron chi connectivity index (χ2n) is 7.87. The van der Waals surface area contributed by atoms with Gasteiger partial charge in [-0.2, -0.15) is 0 Å². The van der Waals surface area contributed by atoms with Crippen molar-refractivity contribution in [3.8, 4) is 5.75 Å². The molecule has 0 bridgehead atoms. The Labute approximate surface area is 203 Å². The summed E-state index contributed by atoms with van der Waals surface area (Å²) in [4.78, 5) is 25.3. The topological polar surface area (TPSA) is 98.1 Å². The standard InChI is InChI=1S/C25H29N5O3S/c1-5-15-30-23(22(17(2)3)27-24(32)18-11-13-20(33-4)14-12-18)28-29-25(30)34-16-21(31)26-19-9-7-6-8-10-19/h5-14,17,22H,1,15-16H2,2-4H3,(H,26,31)(H,27,32). The minimum Gasteiger partial charge on any atom is -0.497 e. The lowest BCUT2D eigenvalue weighted by molar-refractivity contribution is -0.113. The van der Waals surface area contributed by atoms with Crippen molar-refractivity contribution < 1.29 is 14.3 Å². The van der Waals surface area contributed by atoms with Gasteiger partial charge < -0.3 is 19.9 Å². The maximum atomic E-state index is 12.9. The van der Waals surface area contributed by atoms with E-state index in [4.69, 9.17) is 4.74 Å². The number of nitrogens with zero attached hydrogens (tertiary/aromatic N) is 3. The van der Waals surface area contributed by atoms with Crippen LogP contribution in [0.3, 0.4) is 0 Å². The lowest BCUT2D eigenvalue weighted by atomic mass is 10.0. The third kappa shape index (κ3) is 6.48. The number of anilines is 1. The molecule has 1 unspecified atom stereocenters. The molecule has 34 heavy (non-hydrogen) atoms. The fraction of sp³-hybridized carbons (Fsp3) is 0.280. The van der Waals surface area contributed by atoms with Gasteiger partial charge in [0.2, 0.25) is 5.91 Å². The molecule has 0 radical (unpaired) electrons. The molecule has 0 saturated heterocycles. The van der Waals surface area contributed by atoms with E-state index in [1.807, 2.05) is 48.7 Å². The number of para-hydroxylation sites is 1. The second kappa shape index (κ2) is 12.0. The Kier molecular flexibility index (Phi) is 8.86. The summed E-state index contributed by atoms with van der Waals surface area (Å²) in [6.07, 6.45) is 1.74. The van der Waals surface area contributed by atoms with Crippen molar-refractivity contribution in [1.29, 1.82) is 0 Å². The molecule has 3 aromatic rings. The summed E-state index contributed by atoms with van der Waals surface area (Å²) in [5.74, 6) is 1.16. The monoisotopic (exact) mass is 479 g/mol. The van der Waals surface area contributed by atoms with Gasteiger partial charge in [0.25, 0.3) is 5.91 Å². The van der Waals surface area contributed by atoms with Crippen molar-refractivity contribution in [1.82, 2.24) is 20.1 Å². The van der Waals surface area contributed by atoms with Crippen LogP contribution < -0.4 is 15.4 Å². The van der Waals surface area contributed by atoms with Gasteiger partial charge in [-0.15, -0.1) is 16.8 Å². The number of hydrogen-bond acceptors (Lipinski definition) is 6. The van der Waals surface area contributed by atoms with Gasteiger partial charge in [0.15, 0.2) is 11.0 Å². The van der Waals surface area contributed by atoms with E-state index in [1.165, 1.54) is 11.8 Å². The number of rotatable bonds is 11. The molecule has 0 aliphatic heterocycles. The van der Waals surface area contributed by atoms with E-state index in [0.717, 1.165) is 5.69 Å². The van der Waals surface area contributed by atoms with Crippen molar-refractivity contribution in [3.05, 3.63) is 78.6 Å². The van der Waals surface area contributed by atoms with Crippen molar-refractivity contribution in [3.63, 3.8) is 0 Å². The average molecular weight is 480 g/mol. The van der Waals surface area contributed by atoms with Gasteiger partial charge in [0.1, 0.15) is 5.75 Å². The lowest BCUT2D eigenvalue weighted by Crippen LogP contribution is -2.33. The van der Waals surface area contributed by atoms with E-state index >= 15 is 0 Å². The molecule has 2 amide bonds. The highest BCUT2D eigenvalue weighted by Gasteiger charge is 2.26. The van der Waals surface area contributed by atoms with Crippen LogP contribution in [0.2, 0.25) is 0 Å². The summed E-state index contributed by atoms with van der Waals surface area (Å²) in [6, 6.07) is 15.8. The number of nitrogens with one attached hydrogen (secondary N) is 2. The Balaban J connectivity index is 1.74. The zero-order valence-corrected chi connectivity index (χ0v) is 20.3. The Hall–Kier alpha value is -3.59. The first-order valence-corrected chi connectivity index (χ1v) is 11.9. The molecule has 1 aromatic heterocycles. The first-order valence-electron chi connectivity index (χ1n) is 10.9.